The minimum atomic E-state index is -0.816. The lowest BCUT2D eigenvalue weighted by atomic mass is 9.79. The predicted molar refractivity (Wildman–Crippen MR) is 69.4 cm³/mol. The predicted octanol–water partition coefficient (Wildman–Crippen LogP) is 2.45. The van der Waals surface area contributed by atoms with E-state index >= 15 is 0 Å². The molecule has 0 heterocycles. The summed E-state index contributed by atoms with van der Waals surface area (Å²) in [5.41, 5.74) is -0.576. The molecule has 2 N–H and O–H groups in total. The van der Waals surface area contributed by atoms with E-state index in [4.69, 9.17) is 9.84 Å². The van der Waals surface area contributed by atoms with Crippen LogP contribution >= 0.6 is 0 Å². The highest BCUT2D eigenvalue weighted by atomic mass is 16.5. The normalized spacial score (nSPS) is 29.2. The molecule has 1 aliphatic carbocycles. The molecule has 0 saturated heterocycles. The van der Waals surface area contributed by atoms with Crippen LogP contribution in [0.15, 0.2) is 0 Å². The molecular weight excluding hydrogens is 232 g/mol. The van der Waals surface area contributed by atoms with Crippen LogP contribution in [0.25, 0.3) is 0 Å². The quantitative estimate of drug-likeness (QED) is 0.743. The Morgan fingerprint density at radius 2 is 1.89 bits per heavy atom. The van der Waals surface area contributed by atoms with Crippen LogP contribution in [-0.2, 0) is 9.53 Å². The third kappa shape index (κ3) is 5.36. The fourth-order valence-electron chi connectivity index (χ4n) is 2.19. The van der Waals surface area contributed by atoms with Gasteiger partial charge in [0.25, 0.3) is 0 Å². The van der Waals surface area contributed by atoms with Crippen LogP contribution in [0.1, 0.15) is 52.9 Å². The summed E-state index contributed by atoms with van der Waals surface area (Å²) in [6.45, 7) is 7.44. The molecule has 0 radical (unpaired) electrons. The van der Waals surface area contributed by atoms with Crippen molar-refractivity contribution in [2.45, 2.75) is 58.5 Å². The van der Waals surface area contributed by atoms with Crippen molar-refractivity contribution in [1.82, 2.24) is 0 Å². The number of ether oxygens (including phenoxy) is 1. The Balaban J connectivity index is 2.24. The standard InChI is InChI=1S/C14H26O4/c1-13(2,3)8-9-18-10-14(17)6-4-11(5-7-14)12(15)16/h11,17H,4-10H2,1-3H3,(H,15,16). The summed E-state index contributed by atoms with van der Waals surface area (Å²) < 4.78 is 5.55. The Hall–Kier alpha value is -0.610. The molecular formula is C14H26O4. The van der Waals surface area contributed by atoms with E-state index in [1.165, 1.54) is 0 Å². The molecule has 0 aliphatic heterocycles. The maximum absolute atomic E-state index is 10.8. The summed E-state index contributed by atoms with van der Waals surface area (Å²) in [6, 6.07) is 0. The van der Waals surface area contributed by atoms with Crippen LogP contribution in [-0.4, -0.2) is 35.0 Å². The van der Waals surface area contributed by atoms with Crippen molar-refractivity contribution in [3.05, 3.63) is 0 Å². The summed E-state index contributed by atoms with van der Waals surface area (Å²) in [7, 11) is 0. The van der Waals surface area contributed by atoms with Crippen molar-refractivity contribution in [2.24, 2.45) is 11.3 Å². The van der Waals surface area contributed by atoms with E-state index in [0.717, 1.165) is 6.42 Å². The van der Waals surface area contributed by atoms with Crippen molar-refractivity contribution in [3.63, 3.8) is 0 Å². The molecule has 0 spiro atoms. The van der Waals surface area contributed by atoms with E-state index in [1.807, 2.05) is 0 Å². The van der Waals surface area contributed by atoms with E-state index in [9.17, 15) is 9.90 Å². The first-order valence-corrected chi connectivity index (χ1v) is 6.75. The van der Waals surface area contributed by atoms with Crippen LogP contribution in [0.5, 0.6) is 0 Å². The number of carbonyl (C=O) groups is 1. The maximum Gasteiger partial charge on any atom is 0.306 e. The Morgan fingerprint density at radius 3 is 2.33 bits per heavy atom. The number of carboxylic acids is 1. The monoisotopic (exact) mass is 258 g/mol. The molecule has 4 heteroatoms. The third-order valence-corrected chi connectivity index (χ3v) is 3.63. The van der Waals surface area contributed by atoms with E-state index in [0.29, 0.717) is 38.9 Å². The molecule has 0 bridgehead atoms. The lowest BCUT2D eigenvalue weighted by Crippen LogP contribution is -2.40. The highest BCUT2D eigenvalue weighted by Crippen LogP contribution is 2.32. The van der Waals surface area contributed by atoms with Gasteiger partial charge in [0.1, 0.15) is 0 Å². The fourth-order valence-corrected chi connectivity index (χ4v) is 2.19. The van der Waals surface area contributed by atoms with Gasteiger partial charge in [0.05, 0.1) is 18.1 Å². The number of hydrogen-bond donors (Lipinski definition) is 2. The van der Waals surface area contributed by atoms with Gasteiger partial charge in [0, 0.05) is 6.61 Å². The first kappa shape index (κ1) is 15.4. The van der Waals surface area contributed by atoms with Gasteiger partial charge in [0.15, 0.2) is 0 Å². The Morgan fingerprint density at radius 1 is 1.33 bits per heavy atom. The molecule has 0 unspecified atom stereocenters. The number of hydrogen-bond acceptors (Lipinski definition) is 3. The molecule has 0 aromatic heterocycles. The van der Waals surface area contributed by atoms with Gasteiger partial charge in [-0.25, -0.2) is 0 Å². The average Bonchev–Trinajstić information content (AvgIpc) is 2.24. The second kappa shape index (κ2) is 6.02. The van der Waals surface area contributed by atoms with E-state index in [1.54, 1.807) is 0 Å². The van der Waals surface area contributed by atoms with Crippen molar-refractivity contribution < 1.29 is 19.7 Å². The smallest absolute Gasteiger partial charge is 0.306 e. The summed E-state index contributed by atoms with van der Waals surface area (Å²) in [6.07, 6.45) is 3.11. The molecule has 106 valence electrons. The maximum atomic E-state index is 10.8. The van der Waals surface area contributed by atoms with Crippen molar-refractivity contribution in [2.75, 3.05) is 13.2 Å². The molecule has 1 fully saturated rings. The minimum Gasteiger partial charge on any atom is -0.481 e. The zero-order valence-corrected chi connectivity index (χ0v) is 11.7. The van der Waals surface area contributed by atoms with Gasteiger partial charge in [-0.2, -0.15) is 0 Å². The van der Waals surface area contributed by atoms with Crippen molar-refractivity contribution in [1.29, 1.82) is 0 Å². The summed E-state index contributed by atoms with van der Waals surface area (Å²) >= 11 is 0. The van der Waals surface area contributed by atoms with Gasteiger partial charge in [-0.15, -0.1) is 0 Å². The van der Waals surface area contributed by atoms with Crippen LogP contribution in [0.3, 0.4) is 0 Å². The van der Waals surface area contributed by atoms with Gasteiger partial charge in [0.2, 0.25) is 0 Å². The van der Waals surface area contributed by atoms with Gasteiger partial charge in [-0.05, 0) is 37.5 Å². The Labute approximate surface area is 109 Å². The third-order valence-electron chi connectivity index (χ3n) is 3.63. The lowest BCUT2D eigenvalue weighted by Gasteiger charge is -2.34. The largest absolute Gasteiger partial charge is 0.481 e. The van der Waals surface area contributed by atoms with Gasteiger partial charge in [-0.3, -0.25) is 4.79 Å². The number of carboxylic acid groups (broad SMARTS) is 1. The summed E-state index contributed by atoms with van der Waals surface area (Å²) in [5.74, 6) is -1.04. The molecule has 1 aliphatic rings. The van der Waals surface area contributed by atoms with Gasteiger partial charge < -0.3 is 14.9 Å². The van der Waals surface area contributed by atoms with Gasteiger partial charge >= 0.3 is 5.97 Å². The molecule has 0 atom stereocenters. The van der Waals surface area contributed by atoms with E-state index in [2.05, 4.69) is 20.8 Å². The highest BCUT2D eigenvalue weighted by Gasteiger charge is 2.35. The van der Waals surface area contributed by atoms with Crippen molar-refractivity contribution in [3.8, 4) is 0 Å². The minimum absolute atomic E-state index is 0.240. The van der Waals surface area contributed by atoms with Crippen LogP contribution in [0.4, 0.5) is 0 Å². The summed E-state index contributed by atoms with van der Waals surface area (Å²) in [5, 5.41) is 19.2. The number of aliphatic hydroxyl groups is 1. The molecule has 0 amide bonds. The Kier molecular flexibility index (Phi) is 5.17. The van der Waals surface area contributed by atoms with Crippen molar-refractivity contribution >= 4 is 5.97 Å². The molecule has 0 aromatic rings. The zero-order valence-electron chi connectivity index (χ0n) is 11.7. The van der Waals surface area contributed by atoms with Crippen LogP contribution < -0.4 is 0 Å². The number of aliphatic carboxylic acids is 1. The molecule has 0 aromatic carbocycles. The topological polar surface area (TPSA) is 66.8 Å². The second-order valence-electron chi connectivity index (χ2n) is 6.70. The SMILES string of the molecule is CC(C)(C)CCOCC1(O)CCC(C(=O)O)CC1. The molecule has 18 heavy (non-hydrogen) atoms. The average molecular weight is 258 g/mol. The van der Waals surface area contributed by atoms with Gasteiger partial charge in [-0.1, -0.05) is 20.8 Å². The fraction of sp³-hybridized carbons (Fsp3) is 0.929. The molecule has 4 nitrogen and oxygen atoms in total. The van der Waals surface area contributed by atoms with E-state index in [-0.39, 0.29) is 11.3 Å². The molecule has 1 saturated carbocycles. The Bertz CT molecular complexity index is 272. The second-order valence-corrected chi connectivity index (χ2v) is 6.70. The summed E-state index contributed by atoms with van der Waals surface area (Å²) in [4.78, 5) is 10.8. The van der Waals surface area contributed by atoms with Crippen LogP contribution in [0.2, 0.25) is 0 Å². The first-order valence-electron chi connectivity index (χ1n) is 6.75. The molecule has 1 rings (SSSR count). The first-order chi connectivity index (χ1) is 8.22. The number of rotatable bonds is 5. The van der Waals surface area contributed by atoms with E-state index < -0.39 is 11.6 Å². The highest BCUT2D eigenvalue weighted by molar-refractivity contribution is 5.70. The lowest BCUT2D eigenvalue weighted by molar-refractivity contribution is -0.146. The zero-order chi connectivity index (χ0) is 13.8. The van der Waals surface area contributed by atoms with Crippen LogP contribution in [0, 0.1) is 11.3 Å².